The zero-order valence-electron chi connectivity index (χ0n) is 10.4. The fraction of sp³-hybridized carbons (Fsp3) is 0.929. The second-order valence-electron chi connectivity index (χ2n) is 6.68. The summed E-state index contributed by atoms with van der Waals surface area (Å²) in [6, 6.07) is 0. The van der Waals surface area contributed by atoms with Gasteiger partial charge in [-0.2, -0.15) is 0 Å². The van der Waals surface area contributed by atoms with Crippen molar-refractivity contribution in [1.29, 1.82) is 0 Å². The first kappa shape index (κ1) is 11.2. The van der Waals surface area contributed by atoms with Gasteiger partial charge in [0.25, 0.3) is 0 Å². The summed E-state index contributed by atoms with van der Waals surface area (Å²) in [7, 11) is 0. The number of Topliss-reactive ketones (excluding diaryl/α,β-unsaturated/α-hetero) is 1. The lowest BCUT2D eigenvalue weighted by atomic mass is 9.62. The molecule has 2 fully saturated rings. The van der Waals surface area contributed by atoms with Crippen molar-refractivity contribution < 1.29 is 4.79 Å². The highest BCUT2D eigenvalue weighted by molar-refractivity contribution is 5.79. The van der Waals surface area contributed by atoms with Gasteiger partial charge in [-0.25, -0.2) is 0 Å². The van der Waals surface area contributed by atoms with E-state index in [1.54, 1.807) is 0 Å². The van der Waals surface area contributed by atoms with Gasteiger partial charge in [-0.05, 0) is 48.9 Å². The molecule has 0 aromatic heterocycles. The van der Waals surface area contributed by atoms with Crippen molar-refractivity contribution >= 4 is 5.78 Å². The monoisotopic (exact) mass is 208 g/mol. The van der Waals surface area contributed by atoms with Crippen molar-refractivity contribution in [2.45, 2.75) is 59.3 Å². The normalized spacial score (nSPS) is 37.5. The summed E-state index contributed by atoms with van der Waals surface area (Å²) < 4.78 is 0. The van der Waals surface area contributed by atoms with Crippen LogP contribution in [0.5, 0.6) is 0 Å². The zero-order valence-corrected chi connectivity index (χ0v) is 10.4. The molecular formula is C14H24O. The molecular weight excluding hydrogens is 184 g/mol. The molecule has 0 saturated heterocycles. The van der Waals surface area contributed by atoms with Crippen molar-refractivity contribution in [3.8, 4) is 0 Å². The molecule has 3 atom stereocenters. The second kappa shape index (κ2) is 3.92. The lowest BCUT2D eigenvalue weighted by Gasteiger charge is -2.43. The van der Waals surface area contributed by atoms with E-state index in [4.69, 9.17) is 0 Å². The van der Waals surface area contributed by atoms with E-state index < -0.39 is 0 Å². The molecule has 0 aliphatic heterocycles. The molecule has 86 valence electrons. The van der Waals surface area contributed by atoms with Crippen LogP contribution in [0.2, 0.25) is 0 Å². The van der Waals surface area contributed by atoms with Crippen molar-refractivity contribution in [1.82, 2.24) is 0 Å². The molecule has 2 saturated carbocycles. The number of hydrogen-bond donors (Lipinski definition) is 0. The highest BCUT2D eigenvalue weighted by atomic mass is 16.1. The predicted molar refractivity (Wildman–Crippen MR) is 62.6 cm³/mol. The molecule has 0 bridgehead atoms. The van der Waals surface area contributed by atoms with Crippen molar-refractivity contribution in [3.05, 3.63) is 0 Å². The molecule has 0 unspecified atom stereocenters. The molecule has 0 spiro atoms. The molecule has 1 heteroatoms. The number of rotatable bonds is 0. The number of ketones is 1. The van der Waals surface area contributed by atoms with Gasteiger partial charge >= 0.3 is 0 Å². The van der Waals surface area contributed by atoms with Crippen LogP contribution < -0.4 is 0 Å². The van der Waals surface area contributed by atoms with Crippen molar-refractivity contribution in [3.63, 3.8) is 0 Å². The summed E-state index contributed by atoms with van der Waals surface area (Å²) >= 11 is 0. The van der Waals surface area contributed by atoms with E-state index in [-0.39, 0.29) is 0 Å². The predicted octanol–water partition coefficient (Wildman–Crippen LogP) is 3.82. The van der Waals surface area contributed by atoms with Crippen LogP contribution in [-0.4, -0.2) is 5.78 Å². The van der Waals surface area contributed by atoms with Gasteiger partial charge in [0.2, 0.25) is 0 Å². The molecule has 0 amide bonds. The van der Waals surface area contributed by atoms with Crippen molar-refractivity contribution in [2.24, 2.45) is 23.2 Å². The average molecular weight is 208 g/mol. The SMILES string of the molecule is CC(C)(C)[C@@H]1CC[C@H]2CC(=O)CC[C@@H]2C1. The van der Waals surface area contributed by atoms with Gasteiger partial charge in [0.15, 0.2) is 0 Å². The van der Waals surface area contributed by atoms with E-state index in [1.165, 1.54) is 25.7 Å². The van der Waals surface area contributed by atoms with Gasteiger partial charge in [-0.1, -0.05) is 20.8 Å². The minimum Gasteiger partial charge on any atom is -0.300 e. The molecule has 0 heterocycles. The molecule has 1 nitrogen and oxygen atoms in total. The van der Waals surface area contributed by atoms with Gasteiger partial charge < -0.3 is 0 Å². The molecule has 0 aromatic rings. The Morgan fingerprint density at radius 1 is 1.07 bits per heavy atom. The van der Waals surface area contributed by atoms with Gasteiger partial charge in [0.05, 0.1) is 0 Å². The van der Waals surface area contributed by atoms with Gasteiger partial charge in [0, 0.05) is 12.8 Å². The number of carbonyl (C=O) groups excluding carboxylic acids is 1. The van der Waals surface area contributed by atoms with E-state index in [0.29, 0.717) is 11.2 Å². The van der Waals surface area contributed by atoms with Crippen LogP contribution in [0.1, 0.15) is 59.3 Å². The standard InChI is InChI=1S/C14H24O/c1-14(2,3)12-6-4-11-9-13(15)7-5-10(11)8-12/h10-12H,4-9H2,1-3H3/t10-,11+,12-/m1/s1. The van der Waals surface area contributed by atoms with Crippen LogP contribution in [0.15, 0.2) is 0 Å². The van der Waals surface area contributed by atoms with Crippen LogP contribution in [0.4, 0.5) is 0 Å². The third-order valence-electron chi connectivity index (χ3n) is 4.65. The van der Waals surface area contributed by atoms with Crippen LogP contribution in [0, 0.1) is 23.2 Å². The van der Waals surface area contributed by atoms with Gasteiger partial charge in [-0.15, -0.1) is 0 Å². The van der Waals surface area contributed by atoms with E-state index in [1.807, 2.05) is 0 Å². The molecule has 2 aliphatic rings. The lowest BCUT2D eigenvalue weighted by Crippen LogP contribution is -2.35. The molecule has 0 radical (unpaired) electrons. The Morgan fingerprint density at radius 2 is 1.80 bits per heavy atom. The summed E-state index contributed by atoms with van der Waals surface area (Å²) in [5.74, 6) is 3.00. The Bertz CT molecular complexity index is 249. The lowest BCUT2D eigenvalue weighted by molar-refractivity contribution is -0.123. The minimum absolute atomic E-state index is 0.465. The molecule has 0 N–H and O–H groups in total. The Balaban J connectivity index is 1.98. The first-order valence-electron chi connectivity index (χ1n) is 6.48. The Labute approximate surface area is 93.6 Å². The fourth-order valence-electron chi connectivity index (χ4n) is 3.48. The first-order chi connectivity index (χ1) is 6.97. The number of hydrogen-bond acceptors (Lipinski definition) is 1. The summed E-state index contributed by atoms with van der Waals surface area (Å²) in [6.45, 7) is 7.10. The molecule has 2 rings (SSSR count). The van der Waals surface area contributed by atoms with Crippen LogP contribution in [0.25, 0.3) is 0 Å². The number of carbonyl (C=O) groups is 1. The third kappa shape index (κ3) is 2.43. The summed E-state index contributed by atoms with van der Waals surface area (Å²) in [5.41, 5.74) is 0.465. The fourth-order valence-corrected chi connectivity index (χ4v) is 3.48. The van der Waals surface area contributed by atoms with Crippen molar-refractivity contribution in [2.75, 3.05) is 0 Å². The summed E-state index contributed by atoms with van der Waals surface area (Å²) in [6.07, 6.45) is 6.95. The maximum atomic E-state index is 11.4. The topological polar surface area (TPSA) is 17.1 Å². The number of fused-ring (bicyclic) bond motifs is 1. The van der Waals surface area contributed by atoms with Crippen LogP contribution in [-0.2, 0) is 4.79 Å². The quantitative estimate of drug-likeness (QED) is 0.591. The second-order valence-corrected chi connectivity index (χ2v) is 6.68. The van der Waals surface area contributed by atoms with E-state index >= 15 is 0 Å². The maximum absolute atomic E-state index is 11.4. The Morgan fingerprint density at radius 3 is 2.47 bits per heavy atom. The summed E-state index contributed by atoms with van der Waals surface area (Å²) in [5, 5.41) is 0. The minimum atomic E-state index is 0.465. The van der Waals surface area contributed by atoms with Crippen LogP contribution >= 0.6 is 0 Å². The summed E-state index contributed by atoms with van der Waals surface area (Å²) in [4.78, 5) is 11.4. The van der Waals surface area contributed by atoms with E-state index in [9.17, 15) is 4.79 Å². The smallest absolute Gasteiger partial charge is 0.133 e. The Hall–Kier alpha value is -0.330. The Kier molecular flexibility index (Phi) is 2.92. The highest BCUT2D eigenvalue weighted by Crippen LogP contribution is 2.47. The highest BCUT2D eigenvalue weighted by Gasteiger charge is 2.38. The zero-order chi connectivity index (χ0) is 11.1. The average Bonchev–Trinajstić information content (AvgIpc) is 2.15. The molecule has 15 heavy (non-hydrogen) atoms. The van der Waals surface area contributed by atoms with Gasteiger partial charge in [-0.3, -0.25) is 4.79 Å². The maximum Gasteiger partial charge on any atom is 0.133 e. The van der Waals surface area contributed by atoms with E-state index in [0.717, 1.165) is 30.6 Å². The van der Waals surface area contributed by atoms with E-state index in [2.05, 4.69) is 20.8 Å². The first-order valence-corrected chi connectivity index (χ1v) is 6.48. The molecule has 2 aliphatic carbocycles. The largest absolute Gasteiger partial charge is 0.300 e. The van der Waals surface area contributed by atoms with Crippen LogP contribution in [0.3, 0.4) is 0 Å². The molecule has 0 aromatic carbocycles. The van der Waals surface area contributed by atoms with Gasteiger partial charge in [0.1, 0.15) is 5.78 Å². The third-order valence-corrected chi connectivity index (χ3v) is 4.65.